The Balaban J connectivity index is 0.00000300. The first-order chi connectivity index (χ1) is 13.6. The molecule has 0 bridgehead atoms. The summed E-state index contributed by atoms with van der Waals surface area (Å²) in [7, 11) is 3.16. The van der Waals surface area contributed by atoms with Crippen molar-refractivity contribution in [2.75, 3.05) is 26.1 Å². The maximum absolute atomic E-state index is 13.0. The average molecular weight is 511 g/mol. The van der Waals surface area contributed by atoms with E-state index in [9.17, 15) is 4.39 Å². The minimum Gasteiger partial charge on any atom is -0.493 e. The molecule has 7 nitrogen and oxygen atoms in total. The Morgan fingerprint density at radius 3 is 2.52 bits per heavy atom. The Morgan fingerprint density at radius 2 is 1.83 bits per heavy atom. The normalized spacial score (nSPS) is 10.9. The van der Waals surface area contributed by atoms with Crippen LogP contribution in [0.25, 0.3) is 5.69 Å². The van der Waals surface area contributed by atoms with Crippen molar-refractivity contribution in [3.05, 3.63) is 66.2 Å². The number of hydrogen-bond donors (Lipinski definition) is 2. The summed E-state index contributed by atoms with van der Waals surface area (Å²) >= 11 is 0. The molecule has 0 aliphatic rings. The Hall–Kier alpha value is -2.82. The zero-order valence-corrected chi connectivity index (χ0v) is 18.5. The van der Waals surface area contributed by atoms with E-state index in [0.29, 0.717) is 30.4 Å². The standard InChI is InChI=1S/C20H22FN5O2.HI/c1-27-18-8-5-16(13-19(18)28-2)24-20(22)23-11-9-15-10-12-26(25-15)17-6-3-14(21)4-7-17;/h3-8,10,12-13H,9,11H2,1-2H3,(H3,22,23,24);1H. The second-order valence-electron chi connectivity index (χ2n) is 5.94. The van der Waals surface area contributed by atoms with E-state index in [1.54, 1.807) is 43.2 Å². The van der Waals surface area contributed by atoms with Crippen LogP contribution >= 0.6 is 24.0 Å². The Labute approximate surface area is 185 Å². The summed E-state index contributed by atoms with van der Waals surface area (Å²) in [6.07, 6.45) is 2.46. The van der Waals surface area contributed by atoms with Gasteiger partial charge >= 0.3 is 0 Å². The SMILES string of the molecule is COc1ccc(NC(N)=NCCc2ccn(-c3ccc(F)cc3)n2)cc1OC.I. The van der Waals surface area contributed by atoms with Crippen LogP contribution in [-0.2, 0) is 6.42 Å². The van der Waals surface area contributed by atoms with E-state index in [0.717, 1.165) is 17.1 Å². The lowest BCUT2D eigenvalue weighted by Crippen LogP contribution is -2.23. The number of aliphatic imine (C=N–C) groups is 1. The summed E-state index contributed by atoms with van der Waals surface area (Å²) in [5.74, 6) is 1.26. The third-order valence-electron chi connectivity index (χ3n) is 4.04. The van der Waals surface area contributed by atoms with E-state index in [2.05, 4.69) is 15.4 Å². The van der Waals surface area contributed by atoms with Crippen LogP contribution in [-0.4, -0.2) is 36.5 Å². The number of methoxy groups -OCH3 is 2. The van der Waals surface area contributed by atoms with E-state index in [-0.39, 0.29) is 29.8 Å². The summed E-state index contributed by atoms with van der Waals surface area (Å²) in [6.45, 7) is 0.479. The predicted octanol–water partition coefficient (Wildman–Crippen LogP) is 3.62. The maximum atomic E-state index is 13.0. The van der Waals surface area contributed by atoms with Crippen molar-refractivity contribution in [2.24, 2.45) is 10.7 Å². The van der Waals surface area contributed by atoms with Crippen LogP contribution in [0.2, 0.25) is 0 Å². The number of nitrogens with two attached hydrogens (primary N) is 1. The summed E-state index contributed by atoms with van der Waals surface area (Å²) in [4.78, 5) is 4.32. The highest BCUT2D eigenvalue weighted by Crippen LogP contribution is 2.29. The van der Waals surface area contributed by atoms with Crippen LogP contribution in [0, 0.1) is 5.82 Å². The minimum absolute atomic E-state index is 0. The van der Waals surface area contributed by atoms with Crippen LogP contribution in [0.3, 0.4) is 0 Å². The zero-order chi connectivity index (χ0) is 19.9. The second-order valence-corrected chi connectivity index (χ2v) is 5.94. The molecule has 0 atom stereocenters. The van der Waals surface area contributed by atoms with Gasteiger partial charge in [0.1, 0.15) is 5.82 Å². The average Bonchev–Trinajstić information content (AvgIpc) is 3.17. The zero-order valence-electron chi connectivity index (χ0n) is 16.1. The molecule has 154 valence electrons. The minimum atomic E-state index is -0.275. The molecule has 0 fully saturated rings. The van der Waals surface area contributed by atoms with E-state index in [1.165, 1.54) is 12.1 Å². The molecule has 9 heteroatoms. The predicted molar refractivity (Wildman–Crippen MR) is 122 cm³/mol. The molecule has 0 radical (unpaired) electrons. The molecule has 0 aliphatic carbocycles. The quantitative estimate of drug-likeness (QED) is 0.288. The van der Waals surface area contributed by atoms with Gasteiger partial charge in [-0.1, -0.05) is 0 Å². The second kappa shape index (κ2) is 10.6. The van der Waals surface area contributed by atoms with Gasteiger partial charge in [0.25, 0.3) is 0 Å². The number of nitrogens with one attached hydrogen (secondary N) is 1. The van der Waals surface area contributed by atoms with Gasteiger partial charge in [-0.2, -0.15) is 5.10 Å². The van der Waals surface area contributed by atoms with E-state index in [4.69, 9.17) is 15.2 Å². The molecule has 3 rings (SSSR count). The molecule has 2 aromatic carbocycles. The van der Waals surface area contributed by atoms with Crippen molar-refractivity contribution >= 4 is 35.6 Å². The first kappa shape index (κ1) is 22.5. The number of nitrogens with zero attached hydrogens (tertiary/aromatic N) is 3. The summed E-state index contributed by atoms with van der Waals surface area (Å²) in [5, 5.41) is 7.49. The molecule has 0 aliphatic heterocycles. The van der Waals surface area contributed by atoms with Crippen LogP contribution in [0.15, 0.2) is 59.7 Å². The van der Waals surface area contributed by atoms with Crippen molar-refractivity contribution in [1.82, 2.24) is 9.78 Å². The van der Waals surface area contributed by atoms with Crippen LogP contribution in [0.5, 0.6) is 11.5 Å². The highest BCUT2D eigenvalue weighted by atomic mass is 127. The van der Waals surface area contributed by atoms with Crippen molar-refractivity contribution in [2.45, 2.75) is 6.42 Å². The smallest absolute Gasteiger partial charge is 0.193 e. The van der Waals surface area contributed by atoms with Crippen molar-refractivity contribution < 1.29 is 13.9 Å². The number of ether oxygens (including phenoxy) is 2. The van der Waals surface area contributed by atoms with Gasteiger partial charge in [-0.05, 0) is 42.5 Å². The lowest BCUT2D eigenvalue weighted by molar-refractivity contribution is 0.355. The molecule has 0 saturated carbocycles. The van der Waals surface area contributed by atoms with E-state index < -0.39 is 0 Å². The van der Waals surface area contributed by atoms with E-state index >= 15 is 0 Å². The Kier molecular flexibility index (Phi) is 8.25. The molecule has 3 aromatic rings. The number of guanidine groups is 1. The van der Waals surface area contributed by atoms with Gasteiger partial charge in [-0.3, -0.25) is 4.99 Å². The molecule has 1 heterocycles. The van der Waals surface area contributed by atoms with Gasteiger partial charge in [0.15, 0.2) is 17.5 Å². The van der Waals surface area contributed by atoms with Gasteiger partial charge in [0.2, 0.25) is 0 Å². The topological polar surface area (TPSA) is 86.7 Å². The van der Waals surface area contributed by atoms with Gasteiger partial charge in [0.05, 0.1) is 25.6 Å². The number of halogens is 2. The number of anilines is 1. The first-order valence-electron chi connectivity index (χ1n) is 8.68. The van der Waals surface area contributed by atoms with Crippen LogP contribution in [0.4, 0.5) is 10.1 Å². The Morgan fingerprint density at radius 1 is 1.10 bits per heavy atom. The monoisotopic (exact) mass is 511 g/mol. The maximum Gasteiger partial charge on any atom is 0.193 e. The molecule has 29 heavy (non-hydrogen) atoms. The van der Waals surface area contributed by atoms with Crippen molar-refractivity contribution in [3.8, 4) is 17.2 Å². The number of hydrogen-bond acceptors (Lipinski definition) is 4. The summed E-state index contributed by atoms with van der Waals surface area (Å²) < 4.78 is 25.2. The van der Waals surface area contributed by atoms with Gasteiger partial charge in [-0.15, -0.1) is 24.0 Å². The largest absolute Gasteiger partial charge is 0.493 e. The number of aromatic nitrogens is 2. The summed E-state index contributed by atoms with van der Waals surface area (Å²) in [6, 6.07) is 13.5. The molecule has 1 aromatic heterocycles. The molecule has 0 amide bonds. The number of rotatable bonds is 7. The third kappa shape index (κ3) is 6.08. The van der Waals surface area contributed by atoms with Crippen molar-refractivity contribution in [1.29, 1.82) is 0 Å². The molecule has 0 unspecified atom stereocenters. The fourth-order valence-corrected chi connectivity index (χ4v) is 2.62. The van der Waals surface area contributed by atoms with Crippen molar-refractivity contribution in [3.63, 3.8) is 0 Å². The lowest BCUT2D eigenvalue weighted by Gasteiger charge is -2.10. The van der Waals surface area contributed by atoms with Gasteiger partial charge < -0.3 is 20.5 Å². The fraction of sp³-hybridized carbons (Fsp3) is 0.200. The highest BCUT2D eigenvalue weighted by Gasteiger charge is 2.05. The highest BCUT2D eigenvalue weighted by molar-refractivity contribution is 14.0. The van der Waals surface area contributed by atoms with E-state index in [1.807, 2.05) is 18.3 Å². The lowest BCUT2D eigenvalue weighted by atomic mass is 10.3. The number of benzene rings is 2. The van der Waals surface area contributed by atoms with Crippen LogP contribution < -0.4 is 20.5 Å². The Bertz CT molecular complexity index is 960. The molecular weight excluding hydrogens is 488 g/mol. The molecule has 0 saturated heterocycles. The molecular formula is C20H23FIN5O2. The van der Waals surface area contributed by atoms with Gasteiger partial charge in [0, 0.05) is 30.9 Å². The third-order valence-corrected chi connectivity index (χ3v) is 4.04. The van der Waals surface area contributed by atoms with Gasteiger partial charge in [-0.25, -0.2) is 9.07 Å². The first-order valence-corrected chi connectivity index (χ1v) is 8.68. The fourth-order valence-electron chi connectivity index (χ4n) is 2.62. The molecule has 0 spiro atoms. The molecule has 3 N–H and O–H groups in total. The van der Waals surface area contributed by atoms with Crippen LogP contribution in [0.1, 0.15) is 5.69 Å². The summed E-state index contributed by atoms with van der Waals surface area (Å²) in [5.41, 5.74) is 8.36.